The van der Waals surface area contributed by atoms with Crippen LogP contribution in [0, 0.1) is 0 Å². The number of nitrogens with one attached hydrogen (secondary N) is 1. The monoisotopic (exact) mass is 482 g/mol. The molecule has 0 radical (unpaired) electrons. The van der Waals surface area contributed by atoms with Gasteiger partial charge in [-0.15, -0.1) is 0 Å². The van der Waals surface area contributed by atoms with Crippen molar-refractivity contribution < 1.29 is 9.32 Å². The first-order valence-corrected chi connectivity index (χ1v) is 14.2. The third-order valence-electron chi connectivity index (χ3n) is 8.12. The van der Waals surface area contributed by atoms with E-state index in [9.17, 15) is 9.32 Å². The number of fused-ring (bicyclic) bond motifs is 2. The fourth-order valence-corrected chi connectivity index (χ4v) is 7.18. The van der Waals surface area contributed by atoms with Gasteiger partial charge in [0.15, 0.2) is 0 Å². The van der Waals surface area contributed by atoms with E-state index in [-0.39, 0.29) is 12.1 Å². The second kappa shape index (κ2) is 9.15. The number of anilines is 2. The maximum absolute atomic E-state index is 13.1. The van der Waals surface area contributed by atoms with E-state index >= 15 is 0 Å². The van der Waals surface area contributed by atoms with Crippen LogP contribution in [0.25, 0.3) is 0 Å². The van der Waals surface area contributed by atoms with Crippen LogP contribution < -0.4 is 10.2 Å². The molecule has 34 heavy (non-hydrogen) atoms. The number of hydrogen-bond donors (Lipinski definition) is 2. The average Bonchev–Trinajstić information content (AvgIpc) is 3.23. The highest BCUT2D eigenvalue weighted by Gasteiger charge is 2.38. The van der Waals surface area contributed by atoms with Crippen LogP contribution in [-0.4, -0.2) is 60.2 Å². The second-order valence-corrected chi connectivity index (χ2v) is 11.9. The van der Waals surface area contributed by atoms with Crippen LogP contribution in [0.2, 0.25) is 0 Å². The van der Waals surface area contributed by atoms with Crippen molar-refractivity contribution in [2.24, 2.45) is 0 Å². The van der Waals surface area contributed by atoms with Crippen LogP contribution in [0.3, 0.4) is 0 Å². The normalized spacial score (nSPS) is 24.1. The number of hydrogen-bond acceptors (Lipinski definition) is 8. The highest BCUT2D eigenvalue weighted by atomic mass is 32.2. The quantitative estimate of drug-likeness (QED) is 0.670. The van der Waals surface area contributed by atoms with Gasteiger partial charge in [0.25, 0.3) is 0 Å². The lowest BCUT2D eigenvalue weighted by Crippen LogP contribution is -2.49. The molecule has 0 amide bonds. The molecule has 8 nitrogen and oxygen atoms in total. The molecule has 4 aliphatic rings. The number of aryl methyl sites for hydroxylation is 3. The molecule has 2 aromatic heterocycles. The second-order valence-electron chi connectivity index (χ2n) is 10.4. The Morgan fingerprint density at radius 1 is 1.03 bits per heavy atom. The van der Waals surface area contributed by atoms with Crippen molar-refractivity contribution in [3.05, 3.63) is 29.0 Å². The molecular formula is C25H34N6O2S. The van der Waals surface area contributed by atoms with Crippen LogP contribution in [0.4, 0.5) is 11.8 Å². The molecule has 0 bridgehead atoms. The first-order chi connectivity index (χ1) is 16.6. The number of rotatable bonds is 5. The van der Waals surface area contributed by atoms with Crippen molar-refractivity contribution in [3.63, 3.8) is 0 Å². The van der Waals surface area contributed by atoms with E-state index in [0.29, 0.717) is 17.5 Å². The molecule has 0 aromatic carbocycles. The first-order valence-electron chi connectivity index (χ1n) is 12.9. The fraction of sp³-hybridized carbons (Fsp3) is 0.680. The largest absolute Gasteiger partial charge is 0.394 e. The topological polar surface area (TPSA) is 104 Å². The van der Waals surface area contributed by atoms with Crippen LogP contribution in [-0.2, 0) is 30.1 Å². The summed E-state index contributed by atoms with van der Waals surface area (Å²) in [6, 6.07) is 0. The van der Waals surface area contributed by atoms with Gasteiger partial charge in [-0.2, -0.15) is 4.98 Å². The van der Waals surface area contributed by atoms with Gasteiger partial charge in [0.05, 0.1) is 28.6 Å². The van der Waals surface area contributed by atoms with E-state index in [1.807, 2.05) is 6.20 Å². The summed E-state index contributed by atoms with van der Waals surface area (Å²) in [6.45, 7) is 1.79. The minimum Gasteiger partial charge on any atom is -0.394 e. The molecule has 182 valence electrons. The molecule has 1 saturated carbocycles. The van der Waals surface area contributed by atoms with Crippen LogP contribution in [0.1, 0.15) is 80.1 Å². The average molecular weight is 483 g/mol. The molecule has 4 heterocycles. The lowest BCUT2D eigenvalue weighted by atomic mass is 9.77. The zero-order chi connectivity index (χ0) is 23.1. The minimum absolute atomic E-state index is 0.0694. The maximum atomic E-state index is 13.1. The van der Waals surface area contributed by atoms with Gasteiger partial charge >= 0.3 is 0 Å². The number of piperidine rings is 1. The van der Waals surface area contributed by atoms with Gasteiger partial charge < -0.3 is 15.3 Å². The predicted octanol–water partition coefficient (Wildman–Crippen LogP) is 2.91. The zero-order valence-corrected chi connectivity index (χ0v) is 20.6. The van der Waals surface area contributed by atoms with E-state index in [1.54, 1.807) is 0 Å². The highest BCUT2D eigenvalue weighted by molar-refractivity contribution is 7.85. The zero-order valence-electron chi connectivity index (χ0n) is 19.8. The van der Waals surface area contributed by atoms with Gasteiger partial charge in [-0.3, -0.25) is 4.21 Å². The maximum Gasteiger partial charge on any atom is 0.227 e. The fourth-order valence-electron chi connectivity index (χ4n) is 5.79. The third-order valence-corrected chi connectivity index (χ3v) is 9.66. The number of aromatic nitrogens is 4. The minimum atomic E-state index is -1.11. The molecule has 1 saturated heterocycles. The summed E-state index contributed by atoms with van der Waals surface area (Å²) in [4.78, 5) is 22.5. The smallest absolute Gasteiger partial charge is 0.227 e. The standard InChI is InChI=1S/C25H34N6O2S/c32-16-25(10-4-11-25)30-23-21-20(6-1-2-14-34(21)33)28-24(29-23)31-12-8-17(9-13-31)22-26-15-18-5-3-7-19(18)27-22/h15,17,32H,1-14,16H2,(H,28,29,30). The molecular weight excluding hydrogens is 448 g/mol. The summed E-state index contributed by atoms with van der Waals surface area (Å²) < 4.78 is 13.1. The summed E-state index contributed by atoms with van der Waals surface area (Å²) >= 11 is 0. The third kappa shape index (κ3) is 4.11. The SMILES string of the molecule is O=S1CCCCc2nc(N3CCC(c4ncc5c(n4)CCC5)CC3)nc(NC3(CO)CCC3)c21. The molecule has 2 aromatic rings. The molecule has 1 unspecified atom stereocenters. The summed E-state index contributed by atoms with van der Waals surface area (Å²) in [5.41, 5.74) is 3.15. The van der Waals surface area contributed by atoms with Gasteiger partial charge in [0.1, 0.15) is 16.5 Å². The Morgan fingerprint density at radius 2 is 1.85 bits per heavy atom. The Labute approximate surface area is 203 Å². The Morgan fingerprint density at radius 3 is 2.62 bits per heavy atom. The van der Waals surface area contributed by atoms with Crippen LogP contribution >= 0.6 is 0 Å². The van der Waals surface area contributed by atoms with Gasteiger partial charge in [-0.25, -0.2) is 15.0 Å². The molecule has 9 heteroatoms. The number of aliphatic hydroxyl groups excluding tert-OH is 1. The van der Waals surface area contributed by atoms with Crippen molar-refractivity contribution in [3.8, 4) is 0 Å². The molecule has 2 N–H and O–H groups in total. The van der Waals surface area contributed by atoms with Crippen molar-refractivity contribution >= 4 is 22.6 Å². The van der Waals surface area contributed by atoms with Crippen LogP contribution in [0.5, 0.6) is 0 Å². The molecule has 1 atom stereocenters. The number of nitrogens with zero attached hydrogens (tertiary/aromatic N) is 5. The van der Waals surface area contributed by atoms with Crippen molar-refractivity contribution in [2.75, 3.05) is 35.7 Å². The summed E-state index contributed by atoms with van der Waals surface area (Å²) in [5.74, 6) is 3.43. The Hall–Kier alpha value is -2.13. The first kappa shape index (κ1) is 22.3. The van der Waals surface area contributed by atoms with E-state index < -0.39 is 10.8 Å². The lowest BCUT2D eigenvalue weighted by Gasteiger charge is -2.42. The van der Waals surface area contributed by atoms with E-state index in [4.69, 9.17) is 19.9 Å². The van der Waals surface area contributed by atoms with Crippen molar-refractivity contribution in [1.29, 1.82) is 0 Å². The Kier molecular flexibility index (Phi) is 6.01. The van der Waals surface area contributed by atoms with Gasteiger partial charge in [-0.1, -0.05) is 0 Å². The summed E-state index contributed by atoms with van der Waals surface area (Å²) in [6.07, 6.45) is 13.1. The Bertz CT molecular complexity index is 1090. The molecule has 2 aliphatic carbocycles. The highest BCUT2D eigenvalue weighted by Crippen LogP contribution is 2.38. The molecule has 6 rings (SSSR count). The van der Waals surface area contributed by atoms with Crippen LogP contribution in [0.15, 0.2) is 11.1 Å². The number of aliphatic hydroxyl groups is 1. The summed E-state index contributed by atoms with van der Waals surface area (Å²) in [5, 5.41) is 13.6. The molecule has 2 fully saturated rings. The van der Waals surface area contributed by atoms with Gasteiger partial charge in [0, 0.05) is 36.7 Å². The van der Waals surface area contributed by atoms with Gasteiger partial charge in [0.2, 0.25) is 5.95 Å². The van der Waals surface area contributed by atoms with E-state index in [2.05, 4.69) is 10.2 Å². The Balaban J connectivity index is 1.25. The van der Waals surface area contributed by atoms with Crippen molar-refractivity contribution in [1.82, 2.24) is 19.9 Å². The van der Waals surface area contributed by atoms with Crippen molar-refractivity contribution in [2.45, 2.75) is 87.0 Å². The molecule has 0 spiro atoms. The predicted molar refractivity (Wildman–Crippen MR) is 132 cm³/mol. The van der Waals surface area contributed by atoms with Gasteiger partial charge in [-0.05, 0) is 76.2 Å². The van der Waals surface area contributed by atoms with E-state index in [1.165, 1.54) is 17.7 Å². The summed E-state index contributed by atoms with van der Waals surface area (Å²) in [7, 11) is -1.11. The lowest BCUT2D eigenvalue weighted by molar-refractivity contribution is 0.143. The van der Waals surface area contributed by atoms with E-state index in [0.717, 1.165) is 99.7 Å². The molecule has 2 aliphatic heterocycles.